The Bertz CT molecular complexity index is 1220. The maximum atomic E-state index is 13.6. The molecular formula is C25H28N4O3S. The van der Waals surface area contributed by atoms with Crippen LogP contribution in [0.4, 0.5) is 11.4 Å². The standard InChI is InChI=1S/C25H28N4O3S/c1-5-25(2,3)29-20(15-22(30)27-17-11-10-16-12-13-26-18(16)14-17)23(31)28(24(29)33)19-8-6-7-9-21(19)32-4/h6-14,20,26H,5,15H2,1-4H3,(H,27,30). The minimum absolute atomic E-state index is 0.0170. The van der Waals surface area contributed by atoms with Crippen LogP contribution in [0.15, 0.2) is 54.7 Å². The van der Waals surface area contributed by atoms with E-state index in [9.17, 15) is 9.59 Å². The first-order valence-electron chi connectivity index (χ1n) is 10.9. The number of aromatic nitrogens is 1. The maximum absolute atomic E-state index is 13.6. The molecule has 0 saturated carbocycles. The lowest BCUT2D eigenvalue weighted by Gasteiger charge is -2.39. The van der Waals surface area contributed by atoms with Gasteiger partial charge in [0.05, 0.1) is 19.2 Å². The highest BCUT2D eigenvalue weighted by atomic mass is 32.1. The number of carbonyl (C=O) groups excluding carboxylic acids is 2. The molecule has 3 aromatic rings. The molecule has 2 N–H and O–H groups in total. The summed E-state index contributed by atoms with van der Waals surface area (Å²) in [7, 11) is 1.56. The fraction of sp³-hybridized carbons (Fsp3) is 0.320. The summed E-state index contributed by atoms with van der Waals surface area (Å²) in [6.45, 7) is 6.10. The molecule has 172 valence electrons. The van der Waals surface area contributed by atoms with Gasteiger partial charge in [-0.2, -0.15) is 0 Å². The smallest absolute Gasteiger partial charge is 0.256 e. The highest BCUT2D eigenvalue weighted by Gasteiger charge is 2.49. The van der Waals surface area contributed by atoms with Crippen molar-refractivity contribution in [3.05, 3.63) is 54.7 Å². The highest BCUT2D eigenvalue weighted by molar-refractivity contribution is 7.80. The van der Waals surface area contributed by atoms with Gasteiger partial charge in [-0.05, 0) is 68.2 Å². The van der Waals surface area contributed by atoms with Crippen LogP contribution in [0.2, 0.25) is 0 Å². The van der Waals surface area contributed by atoms with Gasteiger partial charge in [0.15, 0.2) is 5.11 Å². The first kappa shape index (κ1) is 22.8. The van der Waals surface area contributed by atoms with Gasteiger partial charge in [-0.15, -0.1) is 0 Å². The lowest BCUT2D eigenvalue weighted by Crippen LogP contribution is -2.50. The van der Waals surface area contributed by atoms with Gasteiger partial charge in [0.25, 0.3) is 5.91 Å². The van der Waals surface area contributed by atoms with Crippen molar-refractivity contribution in [2.75, 3.05) is 17.3 Å². The summed E-state index contributed by atoms with van der Waals surface area (Å²) in [4.78, 5) is 33.2. The lowest BCUT2D eigenvalue weighted by atomic mass is 9.97. The van der Waals surface area contributed by atoms with Crippen molar-refractivity contribution in [2.45, 2.75) is 45.2 Å². The number of carbonyl (C=O) groups is 2. The summed E-state index contributed by atoms with van der Waals surface area (Å²) in [5.74, 6) is 0.0636. The Hall–Kier alpha value is -3.39. The Morgan fingerprint density at radius 3 is 2.70 bits per heavy atom. The van der Waals surface area contributed by atoms with Gasteiger partial charge in [0.2, 0.25) is 5.91 Å². The van der Waals surface area contributed by atoms with Gasteiger partial charge < -0.3 is 19.9 Å². The molecule has 1 aliphatic heterocycles. The molecule has 2 amide bonds. The normalized spacial score (nSPS) is 16.5. The van der Waals surface area contributed by atoms with Crippen LogP contribution in [0.1, 0.15) is 33.6 Å². The van der Waals surface area contributed by atoms with E-state index in [0.29, 0.717) is 22.2 Å². The number of thiocarbonyl (C=S) groups is 1. The minimum atomic E-state index is -0.716. The second-order valence-corrected chi connectivity index (χ2v) is 9.08. The monoisotopic (exact) mass is 464 g/mol. The minimum Gasteiger partial charge on any atom is -0.495 e. The van der Waals surface area contributed by atoms with E-state index in [-0.39, 0.29) is 18.2 Å². The first-order chi connectivity index (χ1) is 15.8. The Kier molecular flexibility index (Phi) is 6.12. The van der Waals surface area contributed by atoms with Crippen LogP contribution in [0.5, 0.6) is 5.75 Å². The number of hydrogen-bond donors (Lipinski definition) is 2. The molecule has 0 aliphatic carbocycles. The van der Waals surface area contributed by atoms with E-state index in [0.717, 1.165) is 17.3 Å². The first-order valence-corrected chi connectivity index (χ1v) is 11.3. The van der Waals surface area contributed by atoms with Gasteiger partial charge in [0, 0.05) is 22.9 Å². The van der Waals surface area contributed by atoms with Crippen LogP contribution in [0.25, 0.3) is 10.9 Å². The highest BCUT2D eigenvalue weighted by Crippen LogP contribution is 2.37. The molecule has 0 spiro atoms. The van der Waals surface area contributed by atoms with Crippen LogP contribution >= 0.6 is 12.2 Å². The van der Waals surface area contributed by atoms with Gasteiger partial charge in [-0.25, -0.2) is 0 Å². The van der Waals surface area contributed by atoms with E-state index in [1.54, 1.807) is 19.2 Å². The summed E-state index contributed by atoms with van der Waals surface area (Å²) in [6, 6.07) is 14.2. The number of ether oxygens (including phenoxy) is 1. The van der Waals surface area contributed by atoms with Gasteiger partial charge >= 0.3 is 0 Å². The summed E-state index contributed by atoms with van der Waals surface area (Å²) in [5.41, 5.74) is 1.76. The molecule has 1 fully saturated rings. The zero-order valence-corrected chi connectivity index (χ0v) is 20.0. The number of rotatable bonds is 7. The number of amides is 2. The quantitative estimate of drug-likeness (QED) is 0.496. The summed E-state index contributed by atoms with van der Waals surface area (Å²) in [6.07, 6.45) is 2.59. The predicted octanol–water partition coefficient (Wildman–Crippen LogP) is 4.70. The zero-order chi connectivity index (χ0) is 23.8. The van der Waals surface area contributed by atoms with Crippen LogP contribution < -0.4 is 15.0 Å². The molecule has 1 aliphatic rings. The van der Waals surface area contributed by atoms with Crippen LogP contribution in [0, 0.1) is 0 Å². The van der Waals surface area contributed by atoms with Crippen molar-refractivity contribution in [1.82, 2.24) is 9.88 Å². The number of anilines is 2. The summed E-state index contributed by atoms with van der Waals surface area (Å²) in [5, 5.41) is 4.37. The fourth-order valence-corrected chi connectivity index (χ4v) is 4.74. The SMILES string of the molecule is CCC(C)(C)N1C(=S)N(c2ccccc2OC)C(=O)C1CC(=O)Nc1ccc2cc[nH]c2c1. The van der Waals surface area contributed by atoms with Crippen molar-refractivity contribution in [1.29, 1.82) is 0 Å². The number of hydrogen-bond acceptors (Lipinski definition) is 4. The Morgan fingerprint density at radius 1 is 1.21 bits per heavy atom. The average Bonchev–Trinajstić information content (AvgIpc) is 3.35. The zero-order valence-electron chi connectivity index (χ0n) is 19.2. The fourth-order valence-electron chi connectivity index (χ4n) is 4.17. The molecule has 33 heavy (non-hydrogen) atoms. The van der Waals surface area contributed by atoms with E-state index in [4.69, 9.17) is 17.0 Å². The van der Waals surface area contributed by atoms with E-state index in [1.807, 2.05) is 68.3 Å². The Morgan fingerprint density at radius 2 is 1.97 bits per heavy atom. The summed E-state index contributed by atoms with van der Waals surface area (Å²) >= 11 is 5.79. The van der Waals surface area contributed by atoms with Crippen LogP contribution in [-0.4, -0.2) is 45.5 Å². The molecule has 8 heteroatoms. The number of para-hydroxylation sites is 2. The molecule has 7 nitrogen and oxygen atoms in total. The number of fused-ring (bicyclic) bond motifs is 1. The molecule has 1 unspecified atom stereocenters. The third-order valence-electron chi connectivity index (χ3n) is 6.28. The molecule has 1 atom stereocenters. The van der Waals surface area contributed by atoms with E-state index in [1.165, 1.54) is 4.90 Å². The van der Waals surface area contributed by atoms with Gasteiger partial charge in [-0.3, -0.25) is 14.5 Å². The number of aromatic amines is 1. The van der Waals surface area contributed by atoms with E-state index >= 15 is 0 Å². The molecule has 4 rings (SSSR count). The number of nitrogens with one attached hydrogen (secondary N) is 2. The summed E-state index contributed by atoms with van der Waals surface area (Å²) < 4.78 is 5.47. The van der Waals surface area contributed by atoms with Crippen LogP contribution in [-0.2, 0) is 9.59 Å². The van der Waals surface area contributed by atoms with Gasteiger partial charge in [0.1, 0.15) is 11.8 Å². The number of nitrogens with zero attached hydrogens (tertiary/aromatic N) is 2. The van der Waals surface area contributed by atoms with Crippen molar-refractivity contribution >= 4 is 51.4 Å². The number of methoxy groups -OCH3 is 1. The van der Waals surface area contributed by atoms with Crippen molar-refractivity contribution < 1.29 is 14.3 Å². The molecule has 0 radical (unpaired) electrons. The molecule has 2 aromatic carbocycles. The van der Waals surface area contributed by atoms with Crippen LogP contribution in [0.3, 0.4) is 0 Å². The molecule has 2 heterocycles. The van der Waals surface area contributed by atoms with Crippen molar-refractivity contribution in [3.63, 3.8) is 0 Å². The third-order valence-corrected chi connectivity index (χ3v) is 6.65. The van der Waals surface area contributed by atoms with E-state index < -0.39 is 11.6 Å². The largest absolute Gasteiger partial charge is 0.495 e. The number of H-pyrrole nitrogens is 1. The second-order valence-electron chi connectivity index (χ2n) is 8.71. The molecule has 0 bridgehead atoms. The van der Waals surface area contributed by atoms with Gasteiger partial charge in [-0.1, -0.05) is 25.1 Å². The third kappa shape index (κ3) is 4.18. The number of benzene rings is 2. The lowest BCUT2D eigenvalue weighted by molar-refractivity contribution is -0.125. The molecule has 1 aromatic heterocycles. The second kappa shape index (κ2) is 8.86. The van der Waals surface area contributed by atoms with Crippen molar-refractivity contribution in [3.8, 4) is 5.75 Å². The molecule has 1 saturated heterocycles. The average molecular weight is 465 g/mol. The Labute approximate surface area is 198 Å². The van der Waals surface area contributed by atoms with E-state index in [2.05, 4.69) is 10.3 Å². The maximum Gasteiger partial charge on any atom is 0.256 e. The Balaban J connectivity index is 1.63. The predicted molar refractivity (Wildman–Crippen MR) is 135 cm³/mol. The molecular weight excluding hydrogens is 436 g/mol. The van der Waals surface area contributed by atoms with Crippen molar-refractivity contribution in [2.24, 2.45) is 0 Å². The topological polar surface area (TPSA) is 77.7 Å².